The van der Waals surface area contributed by atoms with Crippen LogP contribution in [-0.4, -0.2) is 80.0 Å². The van der Waals surface area contributed by atoms with Crippen LogP contribution in [-0.2, 0) is 10.0 Å². The molecule has 0 atom stereocenters. The number of amides is 1. The number of sulfonamides is 1. The molecule has 2 aromatic carbocycles. The minimum atomic E-state index is -3.29. The van der Waals surface area contributed by atoms with Gasteiger partial charge in [-0.1, -0.05) is 18.2 Å². The topological polar surface area (TPSA) is 94.0 Å². The van der Waals surface area contributed by atoms with Gasteiger partial charge in [-0.15, -0.1) is 0 Å². The normalized spacial score (nSPS) is 14.8. The second-order valence-corrected chi connectivity index (χ2v) is 10.6. The van der Waals surface area contributed by atoms with E-state index in [9.17, 15) is 13.2 Å². The van der Waals surface area contributed by atoms with E-state index in [1.54, 1.807) is 55.2 Å². The summed E-state index contributed by atoms with van der Waals surface area (Å²) in [6, 6.07) is 14.8. The predicted octanol–water partition coefficient (Wildman–Crippen LogP) is 3.05. The lowest BCUT2D eigenvalue weighted by molar-refractivity contribution is 0.0687. The number of carbonyl (C=O) groups excluding carboxylic acids is 1. The molecule has 1 fully saturated rings. The van der Waals surface area contributed by atoms with Crippen molar-refractivity contribution in [2.75, 3.05) is 40.6 Å². The summed E-state index contributed by atoms with van der Waals surface area (Å²) in [5.74, 6) is 1.04. The molecule has 0 bridgehead atoms. The van der Waals surface area contributed by atoms with Crippen LogP contribution in [0.1, 0.15) is 23.2 Å². The molecular weight excluding hydrogens is 468 g/mol. The van der Waals surface area contributed by atoms with Crippen molar-refractivity contribution < 1.29 is 22.7 Å². The van der Waals surface area contributed by atoms with Crippen LogP contribution in [0, 0.1) is 0 Å². The van der Waals surface area contributed by atoms with Gasteiger partial charge in [0.05, 0.1) is 31.7 Å². The molecule has 0 spiro atoms. The number of ether oxygens (including phenoxy) is 2. The Balaban J connectivity index is 1.71. The maximum Gasteiger partial charge on any atom is 0.257 e. The minimum absolute atomic E-state index is 0.126. The van der Waals surface area contributed by atoms with E-state index in [2.05, 4.69) is 0 Å². The molecule has 9 nitrogen and oxygen atoms in total. The van der Waals surface area contributed by atoms with Gasteiger partial charge < -0.3 is 14.4 Å². The summed E-state index contributed by atoms with van der Waals surface area (Å²) in [6.07, 6.45) is 4.08. The highest BCUT2D eigenvalue weighted by Gasteiger charge is 2.31. The van der Waals surface area contributed by atoms with Crippen molar-refractivity contribution in [2.45, 2.75) is 18.9 Å². The van der Waals surface area contributed by atoms with Gasteiger partial charge in [-0.05, 0) is 43.2 Å². The lowest BCUT2D eigenvalue weighted by atomic mass is 10.0. The summed E-state index contributed by atoms with van der Waals surface area (Å²) in [5, 5.41) is 4.77. The smallest absolute Gasteiger partial charge is 0.257 e. The van der Waals surface area contributed by atoms with Crippen molar-refractivity contribution in [3.05, 3.63) is 60.3 Å². The molecule has 4 rings (SSSR count). The molecule has 0 aliphatic carbocycles. The van der Waals surface area contributed by atoms with Gasteiger partial charge in [-0.3, -0.25) is 4.79 Å². The molecule has 1 aromatic heterocycles. The monoisotopic (exact) mass is 498 g/mol. The highest BCUT2D eigenvalue weighted by Crippen LogP contribution is 2.36. The SMILES string of the molecule is COc1ccc(OC)c(-c2nn(-c3ccccc3)cc2C(=O)N2CCC(N(C)S(C)(=O)=O)CC2)c1. The average molecular weight is 499 g/mol. The zero-order valence-electron chi connectivity index (χ0n) is 20.3. The molecule has 3 aromatic rings. The highest BCUT2D eigenvalue weighted by molar-refractivity contribution is 7.88. The van der Waals surface area contributed by atoms with Gasteiger partial charge in [0.15, 0.2) is 0 Å². The Morgan fingerprint density at radius 3 is 2.34 bits per heavy atom. The quantitative estimate of drug-likeness (QED) is 0.497. The van der Waals surface area contributed by atoms with Crippen LogP contribution in [0.2, 0.25) is 0 Å². The van der Waals surface area contributed by atoms with Crippen molar-refractivity contribution in [2.24, 2.45) is 0 Å². The van der Waals surface area contributed by atoms with Gasteiger partial charge in [0, 0.05) is 37.9 Å². The fourth-order valence-corrected chi connectivity index (χ4v) is 5.07. The van der Waals surface area contributed by atoms with E-state index < -0.39 is 10.0 Å². The molecule has 2 heterocycles. The van der Waals surface area contributed by atoms with Crippen LogP contribution in [0.3, 0.4) is 0 Å². The lowest BCUT2D eigenvalue weighted by Gasteiger charge is -2.35. The molecule has 1 amide bonds. The highest BCUT2D eigenvalue weighted by atomic mass is 32.2. The fourth-order valence-electron chi connectivity index (χ4n) is 4.32. The zero-order valence-corrected chi connectivity index (χ0v) is 21.2. The molecule has 10 heteroatoms. The maximum absolute atomic E-state index is 13.7. The molecule has 35 heavy (non-hydrogen) atoms. The first kappa shape index (κ1) is 24.7. The maximum atomic E-state index is 13.7. The molecular formula is C25H30N4O5S. The van der Waals surface area contributed by atoms with Crippen molar-refractivity contribution in [1.29, 1.82) is 0 Å². The number of piperidine rings is 1. The van der Waals surface area contributed by atoms with E-state index in [1.165, 1.54) is 10.6 Å². The molecule has 1 aliphatic rings. The molecule has 1 aliphatic heterocycles. The van der Waals surface area contributed by atoms with Gasteiger partial charge in [-0.2, -0.15) is 5.10 Å². The second kappa shape index (κ2) is 10.1. The van der Waals surface area contributed by atoms with Crippen molar-refractivity contribution in [1.82, 2.24) is 19.0 Å². The van der Waals surface area contributed by atoms with Gasteiger partial charge in [0.1, 0.15) is 17.2 Å². The third-order valence-electron chi connectivity index (χ3n) is 6.42. The molecule has 0 saturated carbocycles. The third kappa shape index (κ3) is 5.18. The van der Waals surface area contributed by atoms with Crippen molar-refractivity contribution >= 4 is 15.9 Å². The van der Waals surface area contributed by atoms with Crippen LogP contribution in [0.15, 0.2) is 54.7 Å². The molecule has 1 saturated heterocycles. The number of aromatic nitrogens is 2. The summed E-state index contributed by atoms with van der Waals surface area (Å²) >= 11 is 0. The van der Waals surface area contributed by atoms with Gasteiger partial charge >= 0.3 is 0 Å². The zero-order chi connectivity index (χ0) is 25.2. The Morgan fingerprint density at radius 2 is 1.74 bits per heavy atom. The number of hydrogen-bond acceptors (Lipinski definition) is 6. The third-order valence-corrected chi connectivity index (χ3v) is 7.76. The lowest BCUT2D eigenvalue weighted by Crippen LogP contribution is -2.47. The van der Waals surface area contributed by atoms with Crippen LogP contribution in [0.25, 0.3) is 16.9 Å². The number of para-hydroxylation sites is 1. The number of nitrogens with zero attached hydrogens (tertiary/aromatic N) is 4. The first-order chi connectivity index (χ1) is 16.7. The Labute approximate surface area is 205 Å². The standard InChI is InChI=1S/C25H30N4O5S/c1-27(35(4,31)32)18-12-14-28(15-13-18)25(30)22-17-29(19-8-6-5-7-9-19)26-24(22)21-16-20(33-2)10-11-23(21)34-3/h5-11,16-18H,12-15H2,1-4H3. The van der Waals surface area contributed by atoms with Gasteiger partial charge in [0.2, 0.25) is 10.0 Å². The van der Waals surface area contributed by atoms with E-state index in [0.29, 0.717) is 54.3 Å². The number of carbonyl (C=O) groups is 1. The largest absolute Gasteiger partial charge is 0.497 e. The van der Waals surface area contributed by atoms with E-state index in [0.717, 1.165) is 5.69 Å². The number of methoxy groups -OCH3 is 2. The summed E-state index contributed by atoms with van der Waals surface area (Å²) in [4.78, 5) is 15.5. The summed E-state index contributed by atoms with van der Waals surface area (Å²) in [7, 11) is 1.46. The second-order valence-electron chi connectivity index (χ2n) is 8.54. The van der Waals surface area contributed by atoms with Crippen molar-refractivity contribution in [3.63, 3.8) is 0 Å². The van der Waals surface area contributed by atoms with E-state index in [1.807, 2.05) is 30.3 Å². The van der Waals surface area contributed by atoms with Crippen LogP contribution in [0.4, 0.5) is 0 Å². The van der Waals surface area contributed by atoms with Crippen LogP contribution < -0.4 is 9.47 Å². The predicted molar refractivity (Wildman–Crippen MR) is 134 cm³/mol. The summed E-state index contributed by atoms with van der Waals surface area (Å²) < 4.78 is 37.9. The summed E-state index contributed by atoms with van der Waals surface area (Å²) in [5.41, 5.74) is 2.40. The Hall–Kier alpha value is -3.37. The average Bonchev–Trinajstić information content (AvgIpc) is 3.33. The van der Waals surface area contributed by atoms with E-state index >= 15 is 0 Å². The first-order valence-electron chi connectivity index (χ1n) is 11.3. The number of benzene rings is 2. The summed E-state index contributed by atoms with van der Waals surface area (Å²) in [6.45, 7) is 0.906. The van der Waals surface area contributed by atoms with E-state index in [-0.39, 0.29) is 11.9 Å². The minimum Gasteiger partial charge on any atom is -0.497 e. The van der Waals surface area contributed by atoms with Crippen molar-refractivity contribution in [3.8, 4) is 28.4 Å². The number of likely N-dealkylation sites (tertiary alicyclic amines) is 1. The van der Waals surface area contributed by atoms with Crippen LogP contribution >= 0.6 is 0 Å². The molecule has 0 unspecified atom stereocenters. The Bertz CT molecular complexity index is 1300. The van der Waals surface area contributed by atoms with Gasteiger partial charge in [0.25, 0.3) is 5.91 Å². The Kier molecular flexibility index (Phi) is 7.13. The first-order valence-corrected chi connectivity index (χ1v) is 13.2. The van der Waals surface area contributed by atoms with Gasteiger partial charge in [-0.25, -0.2) is 17.4 Å². The number of hydrogen-bond donors (Lipinski definition) is 0. The molecule has 186 valence electrons. The number of rotatable bonds is 7. The Morgan fingerprint density at radius 1 is 1.06 bits per heavy atom. The molecule has 0 N–H and O–H groups in total. The molecule has 0 radical (unpaired) electrons. The van der Waals surface area contributed by atoms with E-state index in [4.69, 9.17) is 14.6 Å². The fraction of sp³-hybridized carbons (Fsp3) is 0.360. The van der Waals surface area contributed by atoms with Crippen LogP contribution in [0.5, 0.6) is 11.5 Å².